The van der Waals surface area contributed by atoms with E-state index in [1.54, 1.807) is 36.3 Å². The zero-order chi connectivity index (χ0) is 30.2. The van der Waals surface area contributed by atoms with Crippen LogP contribution in [0.2, 0.25) is 0 Å². The van der Waals surface area contributed by atoms with Crippen LogP contribution in [0.1, 0.15) is 48.6 Å². The molecule has 3 unspecified atom stereocenters. The topological polar surface area (TPSA) is 113 Å². The van der Waals surface area contributed by atoms with Gasteiger partial charge in [-0.25, -0.2) is 4.98 Å². The quantitative estimate of drug-likeness (QED) is 0.224. The Bertz CT molecular complexity index is 1530. The minimum Gasteiger partial charge on any atom is -0.497 e. The van der Waals surface area contributed by atoms with Crippen LogP contribution in [0.15, 0.2) is 84.2 Å². The number of hydrogen-bond acceptors (Lipinski definition) is 8. The summed E-state index contributed by atoms with van der Waals surface area (Å²) in [5.74, 6) is 0.167. The van der Waals surface area contributed by atoms with Crippen molar-refractivity contribution < 1.29 is 24.2 Å². The van der Waals surface area contributed by atoms with Gasteiger partial charge in [-0.1, -0.05) is 48.5 Å². The van der Waals surface area contributed by atoms with Crippen LogP contribution in [0.4, 0.5) is 0 Å². The molecule has 1 aliphatic rings. The highest BCUT2D eigenvalue weighted by atomic mass is 32.1. The number of ether oxygens (including phenoxy) is 2. The van der Waals surface area contributed by atoms with Crippen molar-refractivity contribution >= 4 is 23.2 Å². The normalized spacial score (nSPS) is 16.1. The van der Waals surface area contributed by atoms with Crippen LogP contribution < -0.4 is 15.4 Å². The second-order valence-electron chi connectivity index (χ2n) is 10.5. The number of hydrogen-bond donors (Lipinski definition) is 3. The zero-order valence-corrected chi connectivity index (χ0v) is 25.0. The Hall–Kier alpha value is -4.09. The average Bonchev–Trinajstić information content (AvgIpc) is 3.70. The van der Waals surface area contributed by atoms with E-state index in [0.717, 1.165) is 27.6 Å². The van der Waals surface area contributed by atoms with Gasteiger partial charge in [0, 0.05) is 35.3 Å². The van der Waals surface area contributed by atoms with Gasteiger partial charge in [-0.05, 0) is 54.8 Å². The van der Waals surface area contributed by atoms with Crippen LogP contribution in [0.25, 0.3) is 0 Å². The molecule has 3 atom stereocenters. The molecule has 4 aromatic rings. The Balaban J connectivity index is 1.27. The van der Waals surface area contributed by atoms with Crippen molar-refractivity contribution in [3.8, 4) is 5.75 Å². The van der Waals surface area contributed by atoms with Gasteiger partial charge in [-0.15, -0.1) is 11.3 Å². The summed E-state index contributed by atoms with van der Waals surface area (Å²) in [6.07, 6.45) is -0.434. The van der Waals surface area contributed by atoms with Gasteiger partial charge in [0.15, 0.2) is 0 Å². The fraction of sp³-hybridized carbons (Fsp3) is 0.303. The summed E-state index contributed by atoms with van der Waals surface area (Å²) < 4.78 is 10.9. The smallest absolute Gasteiger partial charge is 0.256 e. The molecule has 0 aliphatic carbocycles. The summed E-state index contributed by atoms with van der Waals surface area (Å²) in [4.78, 5) is 33.2. The third-order valence-electron chi connectivity index (χ3n) is 7.33. The van der Waals surface area contributed by atoms with Crippen LogP contribution in [0, 0.1) is 6.92 Å². The molecule has 5 rings (SSSR count). The summed E-state index contributed by atoms with van der Waals surface area (Å²) in [7, 11) is 1.62. The number of carbonyl (C=O) groups excluding carboxylic acids is 2. The molecule has 0 spiro atoms. The van der Waals surface area contributed by atoms with Gasteiger partial charge in [0.1, 0.15) is 23.5 Å². The van der Waals surface area contributed by atoms with E-state index in [9.17, 15) is 14.7 Å². The Kier molecular flexibility index (Phi) is 10.2. The first-order valence-electron chi connectivity index (χ1n) is 14.2. The molecule has 1 saturated heterocycles. The predicted molar refractivity (Wildman–Crippen MR) is 165 cm³/mol. The average molecular weight is 601 g/mol. The highest BCUT2D eigenvalue weighted by Crippen LogP contribution is 2.30. The molecule has 1 fully saturated rings. The minimum atomic E-state index is -0.871. The summed E-state index contributed by atoms with van der Waals surface area (Å²) >= 11 is 1.50. The summed E-state index contributed by atoms with van der Waals surface area (Å²) in [6, 6.07) is 23.2. The largest absolute Gasteiger partial charge is 0.497 e. The number of aromatic nitrogens is 1. The maximum Gasteiger partial charge on any atom is 0.256 e. The number of nitrogens with zero attached hydrogens (tertiary/aromatic N) is 2. The van der Waals surface area contributed by atoms with Gasteiger partial charge >= 0.3 is 0 Å². The first kappa shape index (κ1) is 30.4. The van der Waals surface area contributed by atoms with Crippen LogP contribution in [-0.4, -0.2) is 65.9 Å². The lowest BCUT2D eigenvalue weighted by atomic mass is 10.00. The molecule has 1 aromatic heterocycles. The number of nitrogens with one attached hydrogen (secondary N) is 2. The Labute approximate surface area is 255 Å². The standard InChI is InChI=1S/C33H36N4O5S/c1-22-20-43-32(35-22)29-19-42-21-37(29)33(40)26-12-7-11-25(16-26)31(39)36-28(15-23-8-4-3-5-9-23)30(38)18-34-17-24-10-6-13-27(14-24)41-2/h3-14,16,20,28-30,34,38H,15,17-19,21H2,1-2H3,(H,36,39). The molecular formula is C33H36N4O5S. The van der Waals surface area contributed by atoms with E-state index in [0.29, 0.717) is 30.7 Å². The lowest BCUT2D eigenvalue weighted by Gasteiger charge is -2.25. The predicted octanol–water partition coefficient (Wildman–Crippen LogP) is 4.12. The van der Waals surface area contributed by atoms with Crippen molar-refractivity contribution in [1.82, 2.24) is 20.5 Å². The first-order valence-corrected chi connectivity index (χ1v) is 15.1. The molecule has 43 heavy (non-hydrogen) atoms. The van der Waals surface area contributed by atoms with Gasteiger partial charge in [0.2, 0.25) is 0 Å². The van der Waals surface area contributed by atoms with Crippen LogP contribution >= 0.6 is 11.3 Å². The molecule has 0 saturated carbocycles. The maximum atomic E-state index is 13.5. The van der Waals surface area contributed by atoms with Crippen molar-refractivity contribution in [3.63, 3.8) is 0 Å². The Morgan fingerprint density at radius 3 is 2.60 bits per heavy atom. The second kappa shape index (κ2) is 14.4. The number of rotatable bonds is 12. The highest BCUT2D eigenvalue weighted by molar-refractivity contribution is 7.09. The lowest BCUT2D eigenvalue weighted by Crippen LogP contribution is -2.48. The highest BCUT2D eigenvalue weighted by Gasteiger charge is 2.33. The number of methoxy groups -OCH3 is 1. The number of thiazole rings is 1. The van der Waals surface area contributed by atoms with E-state index < -0.39 is 12.1 Å². The van der Waals surface area contributed by atoms with Gasteiger partial charge in [0.25, 0.3) is 11.8 Å². The van der Waals surface area contributed by atoms with Crippen molar-refractivity contribution in [2.75, 3.05) is 27.0 Å². The number of amides is 2. The van der Waals surface area contributed by atoms with Gasteiger partial charge < -0.3 is 30.1 Å². The van der Waals surface area contributed by atoms with E-state index in [4.69, 9.17) is 9.47 Å². The molecule has 3 aromatic carbocycles. The van der Waals surface area contributed by atoms with Crippen LogP contribution in [0.3, 0.4) is 0 Å². The minimum absolute atomic E-state index is 0.159. The van der Waals surface area contributed by atoms with Gasteiger partial charge in [0.05, 0.1) is 25.9 Å². The summed E-state index contributed by atoms with van der Waals surface area (Å²) in [5, 5.41) is 20.3. The Morgan fingerprint density at radius 1 is 1.07 bits per heavy atom. The van der Waals surface area contributed by atoms with Gasteiger partial charge in [-0.3, -0.25) is 9.59 Å². The first-order chi connectivity index (χ1) is 20.9. The number of carbonyl (C=O) groups is 2. The molecule has 0 radical (unpaired) electrons. The summed E-state index contributed by atoms with van der Waals surface area (Å²) in [5.41, 5.74) is 3.63. The van der Waals surface area contributed by atoms with Gasteiger partial charge in [-0.2, -0.15) is 0 Å². The van der Waals surface area contributed by atoms with Crippen molar-refractivity contribution in [2.45, 2.75) is 38.1 Å². The lowest BCUT2D eigenvalue weighted by molar-refractivity contribution is 0.0658. The molecule has 9 nitrogen and oxygen atoms in total. The third kappa shape index (κ3) is 7.85. The Morgan fingerprint density at radius 2 is 1.84 bits per heavy atom. The number of aliphatic hydroxyl groups excluding tert-OH is 1. The number of aryl methyl sites for hydroxylation is 1. The molecule has 224 valence electrons. The SMILES string of the molecule is COc1cccc(CNCC(O)C(Cc2ccccc2)NC(=O)c2cccc(C(=O)N3COCC3c3nc(C)cs3)c2)c1. The molecule has 1 aliphatic heterocycles. The third-order valence-corrected chi connectivity index (χ3v) is 8.40. The number of aliphatic hydroxyl groups is 1. The van der Waals surface area contributed by atoms with E-state index >= 15 is 0 Å². The van der Waals surface area contributed by atoms with E-state index in [1.165, 1.54) is 11.3 Å². The fourth-order valence-electron chi connectivity index (χ4n) is 5.02. The van der Waals surface area contributed by atoms with Crippen LogP contribution in [-0.2, 0) is 17.7 Å². The number of benzene rings is 3. The maximum absolute atomic E-state index is 13.5. The fourth-order valence-corrected chi connectivity index (χ4v) is 5.92. The monoisotopic (exact) mass is 600 g/mol. The van der Waals surface area contributed by atoms with Crippen molar-refractivity contribution in [3.05, 3.63) is 117 Å². The van der Waals surface area contributed by atoms with Crippen LogP contribution in [0.5, 0.6) is 5.75 Å². The van der Waals surface area contributed by atoms with E-state index in [2.05, 4.69) is 15.6 Å². The summed E-state index contributed by atoms with van der Waals surface area (Å²) in [6.45, 7) is 3.26. The van der Waals surface area contributed by atoms with E-state index in [-0.39, 0.29) is 31.1 Å². The molecule has 3 N–H and O–H groups in total. The van der Waals surface area contributed by atoms with Crippen molar-refractivity contribution in [2.24, 2.45) is 0 Å². The molecule has 10 heteroatoms. The van der Waals surface area contributed by atoms with E-state index in [1.807, 2.05) is 66.9 Å². The molecule has 0 bridgehead atoms. The molecule has 2 amide bonds. The van der Waals surface area contributed by atoms with Crippen molar-refractivity contribution in [1.29, 1.82) is 0 Å². The molecular weight excluding hydrogens is 564 g/mol. The molecule has 2 heterocycles. The zero-order valence-electron chi connectivity index (χ0n) is 24.2. The second-order valence-corrected chi connectivity index (χ2v) is 11.4.